The molecule has 116 valence electrons. The predicted octanol–water partition coefficient (Wildman–Crippen LogP) is 2.83. The molecule has 0 aliphatic rings. The molecule has 0 bridgehead atoms. The summed E-state index contributed by atoms with van der Waals surface area (Å²) < 4.78 is 5.21. The van der Waals surface area contributed by atoms with Gasteiger partial charge in [0.2, 0.25) is 0 Å². The first-order valence-corrected chi connectivity index (χ1v) is 7.21. The molecule has 0 saturated carbocycles. The van der Waals surface area contributed by atoms with Gasteiger partial charge in [0.05, 0.1) is 7.11 Å². The molecule has 1 rings (SSSR count). The van der Waals surface area contributed by atoms with E-state index in [1.54, 1.807) is 12.0 Å². The van der Waals surface area contributed by atoms with Gasteiger partial charge < -0.3 is 4.74 Å². The van der Waals surface area contributed by atoms with Crippen molar-refractivity contribution >= 4 is 6.03 Å². The summed E-state index contributed by atoms with van der Waals surface area (Å²) in [4.78, 5) is 13.3. The smallest absolute Gasteiger partial charge is 0.335 e. The molecule has 0 unspecified atom stereocenters. The maximum atomic E-state index is 11.7. The number of carbonyl (C=O) groups excluding carboxylic acids is 1. The second-order valence-corrected chi connectivity index (χ2v) is 4.87. The van der Waals surface area contributed by atoms with E-state index in [-0.39, 0.29) is 6.03 Å². The quantitative estimate of drug-likeness (QED) is 0.439. The summed E-state index contributed by atoms with van der Waals surface area (Å²) in [5.74, 6) is 6.06. The Hall–Kier alpha value is -2.01. The van der Waals surface area contributed by atoms with E-state index in [2.05, 4.69) is 18.1 Å². The van der Waals surface area contributed by atoms with Gasteiger partial charge in [-0.05, 0) is 43.4 Å². The predicted molar refractivity (Wildman–Crippen MR) is 84.8 cm³/mol. The lowest BCUT2D eigenvalue weighted by Crippen LogP contribution is -2.43. The van der Waals surface area contributed by atoms with Gasteiger partial charge >= 0.3 is 6.03 Å². The van der Waals surface area contributed by atoms with Crippen LogP contribution in [0, 0.1) is 0 Å². The first-order valence-electron chi connectivity index (χ1n) is 7.21. The Kier molecular flexibility index (Phi) is 7.32. The van der Waals surface area contributed by atoms with Gasteiger partial charge in [0.1, 0.15) is 5.75 Å². The van der Waals surface area contributed by atoms with E-state index >= 15 is 0 Å². The number of benzene rings is 1. The largest absolute Gasteiger partial charge is 0.497 e. The molecule has 0 aliphatic heterocycles. The van der Waals surface area contributed by atoms with E-state index < -0.39 is 0 Å². The van der Waals surface area contributed by atoms with Crippen LogP contribution in [0.25, 0.3) is 0 Å². The fraction of sp³-hybridized carbons (Fsp3) is 0.438. The third-order valence-corrected chi connectivity index (χ3v) is 3.26. The number of aryl methyl sites for hydroxylation is 1. The second kappa shape index (κ2) is 9.02. The van der Waals surface area contributed by atoms with E-state index in [0.29, 0.717) is 6.54 Å². The molecule has 0 aromatic heterocycles. The number of nitrogens with two attached hydrogens (primary N) is 1. The number of hydrogen-bond donors (Lipinski definition) is 2. The maximum Gasteiger partial charge on any atom is 0.335 e. The summed E-state index contributed by atoms with van der Waals surface area (Å²) in [6.07, 6.45) is 3.46. The first kappa shape index (κ1) is 17.0. The van der Waals surface area contributed by atoms with Gasteiger partial charge in [0.25, 0.3) is 0 Å². The molecule has 2 amide bonds. The molecule has 0 atom stereocenters. The van der Waals surface area contributed by atoms with Gasteiger partial charge in [0.15, 0.2) is 0 Å². The van der Waals surface area contributed by atoms with Gasteiger partial charge in [-0.3, -0.25) is 10.3 Å². The van der Waals surface area contributed by atoms with Crippen molar-refractivity contribution in [3.63, 3.8) is 0 Å². The van der Waals surface area contributed by atoms with Crippen molar-refractivity contribution in [1.82, 2.24) is 10.3 Å². The molecule has 21 heavy (non-hydrogen) atoms. The highest BCUT2D eigenvalue weighted by Crippen LogP contribution is 2.17. The highest BCUT2D eigenvalue weighted by atomic mass is 16.5. The van der Waals surface area contributed by atoms with Crippen molar-refractivity contribution in [3.8, 4) is 5.75 Å². The van der Waals surface area contributed by atoms with Crippen LogP contribution >= 0.6 is 0 Å². The average molecular weight is 291 g/mol. The zero-order valence-electron chi connectivity index (χ0n) is 12.9. The Bertz CT molecular complexity index is 474. The monoisotopic (exact) mass is 291 g/mol. The van der Waals surface area contributed by atoms with E-state index in [1.807, 2.05) is 25.1 Å². The first-order chi connectivity index (χ1) is 10.1. The van der Waals surface area contributed by atoms with Gasteiger partial charge in [0, 0.05) is 12.2 Å². The van der Waals surface area contributed by atoms with E-state index in [9.17, 15) is 4.79 Å². The lowest BCUT2D eigenvalue weighted by atomic mass is 10.1. The fourth-order valence-electron chi connectivity index (χ4n) is 2.16. The third kappa shape index (κ3) is 5.47. The standard InChI is InChI=1S/C16H25N3O2/c1-4-11-19(16(20)18-17)13(2)7-5-8-14-9-6-10-15(12-14)21-3/h6,9-10,12H,2,4-5,7-8,11,17H2,1,3H3,(H,18,20). The number of allylic oxidation sites excluding steroid dienone is 1. The molecule has 0 fully saturated rings. The van der Waals surface area contributed by atoms with Crippen molar-refractivity contribution in [2.75, 3.05) is 13.7 Å². The Morgan fingerprint density at radius 3 is 2.86 bits per heavy atom. The van der Waals surface area contributed by atoms with Crippen molar-refractivity contribution in [3.05, 3.63) is 42.1 Å². The van der Waals surface area contributed by atoms with Crippen molar-refractivity contribution in [2.24, 2.45) is 5.84 Å². The Labute approximate surface area is 126 Å². The lowest BCUT2D eigenvalue weighted by Gasteiger charge is -2.23. The van der Waals surface area contributed by atoms with Crippen LogP contribution in [0.5, 0.6) is 5.75 Å². The third-order valence-electron chi connectivity index (χ3n) is 3.26. The van der Waals surface area contributed by atoms with Crippen molar-refractivity contribution in [1.29, 1.82) is 0 Å². The molecule has 0 heterocycles. The second-order valence-electron chi connectivity index (χ2n) is 4.87. The van der Waals surface area contributed by atoms with Gasteiger partial charge in [-0.1, -0.05) is 25.6 Å². The molecule has 5 heteroatoms. The zero-order valence-corrected chi connectivity index (χ0v) is 12.9. The van der Waals surface area contributed by atoms with Crippen LogP contribution in [0.15, 0.2) is 36.5 Å². The SMILES string of the molecule is C=C(CCCc1cccc(OC)c1)N(CCC)C(=O)NN. The number of hydrogen-bond acceptors (Lipinski definition) is 3. The van der Waals surface area contributed by atoms with E-state index in [0.717, 1.165) is 37.1 Å². The van der Waals surface area contributed by atoms with Crippen LogP contribution in [0.1, 0.15) is 31.7 Å². The summed E-state index contributed by atoms with van der Waals surface area (Å²) in [7, 11) is 1.66. The van der Waals surface area contributed by atoms with Crippen LogP contribution in [0.2, 0.25) is 0 Å². The number of nitrogens with one attached hydrogen (secondary N) is 1. The summed E-state index contributed by atoms with van der Waals surface area (Å²) in [6.45, 7) is 6.63. The number of carbonyl (C=O) groups is 1. The van der Waals surface area contributed by atoms with Gasteiger partial charge in [-0.15, -0.1) is 0 Å². The average Bonchev–Trinajstić information content (AvgIpc) is 2.52. The topological polar surface area (TPSA) is 67.6 Å². The summed E-state index contributed by atoms with van der Waals surface area (Å²) >= 11 is 0. The summed E-state index contributed by atoms with van der Waals surface area (Å²) in [5, 5.41) is 0. The molecule has 3 N–H and O–H groups in total. The van der Waals surface area contributed by atoms with Crippen LogP contribution < -0.4 is 16.0 Å². The lowest BCUT2D eigenvalue weighted by molar-refractivity contribution is 0.209. The molecule has 0 spiro atoms. The normalized spacial score (nSPS) is 10.0. The van der Waals surface area contributed by atoms with Crippen molar-refractivity contribution < 1.29 is 9.53 Å². The van der Waals surface area contributed by atoms with Crippen LogP contribution in [-0.4, -0.2) is 24.6 Å². The minimum absolute atomic E-state index is 0.303. The summed E-state index contributed by atoms with van der Waals surface area (Å²) in [5.41, 5.74) is 4.17. The Balaban J connectivity index is 2.49. The van der Waals surface area contributed by atoms with E-state index in [4.69, 9.17) is 10.6 Å². The van der Waals surface area contributed by atoms with Crippen molar-refractivity contribution in [2.45, 2.75) is 32.6 Å². The Morgan fingerprint density at radius 1 is 1.48 bits per heavy atom. The highest BCUT2D eigenvalue weighted by molar-refractivity contribution is 5.75. The number of ether oxygens (including phenoxy) is 1. The molecule has 5 nitrogen and oxygen atoms in total. The molecule has 1 aromatic rings. The molecule has 0 aliphatic carbocycles. The van der Waals surface area contributed by atoms with Crippen LogP contribution in [-0.2, 0) is 6.42 Å². The highest BCUT2D eigenvalue weighted by Gasteiger charge is 2.14. The van der Waals surface area contributed by atoms with Crippen LogP contribution in [0.3, 0.4) is 0 Å². The number of amides is 2. The van der Waals surface area contributed by atoms with E-state index in [1.165, 1.54) is 5.56 Å². The number of nitrogens with zero attached hydrogens (tertiary/aromatic N) is 1. The number of rotatable bonds is 8. The molecule has 0 radical (unpaired) electrons. The molecule has 1 aromatic carbocycles. The minimum atomic E-state index is -0.303. The number of methoxy groups -OCH3 is 1. The molecular weight excluding hydrogens is 266 g/mol. The zero-order chi connectivity index (χ0) is 15.7. The summed E-state index contributed by atoms with van der Waals surface area (Å²) in [6, 6.07) is 7.70. The molecular formula is C16H25N3O2. The fourth-order valence-corrected chi connectivity index (χ4v) is 2.16. The van der Waals surface area contributed by atoms with Gasteiger partial charge in [-0.2, -0.15) is 0 Å². The van der Waals surface area contributed by atoms with Crippen LogP contribution in [0.4, 0.5) is 4.79 Å². The number of urea groups is 1. The maximum absolute atomic E-state index is 11.7. The number of hydrazine groups is 1. The Morgan fingerprint density at radius 2 is 2.24 bits per heavy atom. The van der Waals surface area contributed by atoms with Gasteiger partial charge in [-0.25, -0.2) is 10.6 Å². The minimum Gasteiger partial charge on any atom is -0.497 e. The molecule has 0 saturated heterocycles.